The van der Waals surface area contributed by atoms with E-state index in [1.54, 1.807) is 31.6 Å². The maximum Gasteiger partial charge on any atom is 0.330 e. The third-order valence-corrected chi connectivity index (χ3v) is 8.54. The van der Waals surface area contributed by atoms with Crippen LogP contribution in [0.1, 0.15) is 36.8 Å². The van der Waals surface area contributed by atoms with E-state index in [0.29, 0.717) is 22.9 Å². The zero-order chi connectivity index (χ0) is 31.5. The molecule has 3 aromatic rings. The number of aromatic nitrogens is 3. The molecule has 0 radical (unpaired) electrons. The van der Waals surface area contributed by atoms with Crippen LogP contribution in [0.15, 0.2) is 48.0 Å². The Morgan fingerprint density at radius 3 is 2.43 bits per heavy atom. The van der Waals surface area contributed by atoms with E-state index in [2.05, 4.69) is 22.2 Å². The number of anilines is 3. The number of methoxy groups -OCH3 is 2. The molecule has 1 aromatic carbocycles. The molecule has 3 amide bonds. The van der Waals surface area contributed by atoms with Crippen molar-refractivity contribution in [3.63, 3.8) is 0 Å². The van der Waals surface area contributed by atoms with E-state index in [-0.39, 0.29) is 63.9 Å². The van der Waals surface area contributed by atoms with Gasteiger partial charge < -0.3 is 24.7 Å². The largest absolute Gasteiger partial charge is 0.495 e. The quantitative estimate of drug-likeness (QED) is 0.322. The number of pyridine rings is 1. The van der Waals surface area contributed by atoms with Crippen LogP contribution < -0.4 is 35.5 Å². The van der Waals surface area contributed by atoms with Crippen molar-refractivity contribution in [3.8, 4) is 11.5 Å². The lowest BCUT2D eigenvalue weighted by Gasteiger charge is -2.37. The molecule has 1 unspecified atom stereocenters. The van der Waals surface area contributed by atoms with Gasteiger partial charge >= 0.3 is 6.03 Å². The van der Waals surface area contributed by atoms with Gasteiger partial charge in [-0.2, -0.15) is 4.98 Å². The smallest absolute Gasteiger partial charge is 0.330 e. The van der Waals surface area contributed by atoms with Gasteiger partial charge in [0.1, 0.15) is 27.4 Å². The van der Waals surface area contributed by atoms with Gasteiger partial charge in [-0.3, -0.25) is 19.4 Å². The highest BCUT2D eigenvalue weighted by Crippen LogP contribution is 2.48. The number of benzene rings is 1. The summed E-state index contributed by atoms with van der Waals surface area (Å²) in [4.78, 5) is 51.0. The van der Waals surface area contributed by atoms with Crippen molar-refractivity contribution in [2.75, 3.05) is 29.3 Å². The van der Waals surface area contributed by atoms with Crippen molar-refractivity contribution >= 4 is 52.6 Å². The standard InChI is InChI=1S/C30H33Cl2N7O5/c1-5-23(40)34-19-8-6-7-9-20(19)35-29-33-14-18-16-38(27-25(31)21(43-3)13-22(44-4)26(27)32)30(42)39(28(18)36-29)15-17-10-11-37(2)24(41)12-17/h5,10-14,19-20H,1,6-9,15-16H2,2-4H3,(H,34,40)(H,33,35,36)/t19?,20-/m1/s1. The Balaban J connectivity index is 1.56. The third kappa shape index (κ3) is 6.18. The minimum absolute atomic E-state index is 0.0344. The molecule has 1 fully saturated rings. The van der Waals surface area contributed by atoms with E-state index in [1.807, 2.05) is 0 Å². The number of aryl methyl sites for hydroxylation is 1. The molecule has 2 atom stereocenters. The number of urea groups is 1. The number of nitrogens with zero attached hydrogens (tertiary/aromatic N) is 5. The van der Waals surface area contributed by atoms with Crippen molar-refractivity contribution in [1.82, 2.24) is 19.9 Å². The molecule has 0 saturated heterocycles. The zero-order valence-corrected chi connectivity index (χ0v) is 26.1. The van der Waals surface area contributed by atoms with Crippen LogP contribution in [-0.4, -0.2) is 52.8 Å². The van der Waals surface area contributed by atoms with Gasteiger partial charge in [0.25, 0.3) is 5.56 Å². The summed E-state index contributed by atoms with van der Waals surface area (Å²) in [5.74, 6) is 0.992. The maximum atomic E-state index is 14.3. The zero-order valence-electron chi connectivity index (χ0n) is 24.6. The second-order valence-corrected chi connectivity index (χ2v) is 11.3. The number of carbonyl (C=O) groups is 2. The predicted molar refractivity (Wildman–Crippen MR) is 169 cm³/mol. The van der Waals surface area contributed by atoms with Crippen molar-refractivity contribution in [2.24, 2.45) is 7.05 Å². The molecule has 2 N–H and O–H groups in total. The average Bonchev–Trinajstić information content (AvgIpc) is 3.02. The molecule has 44 heavy (non-hydrogen) atoms. The molecule has 0 spiro atoms. The molecule has 232 valence electrons. The van der Waals surface area contributed by atoms with Gasteiger partial charge in [0, 0.05) is 49.2 Å². The van der Waals surface area contributed by atoms with Crippen LogP contribution >= 0.6 is 23.2 Å². The van der Waals surface area contributed by atoms with Crippen molar-refractivity contribution in [2.45, 2.75) is 50.9 Å². The van der Waals surface area contributed by atoms with Crippen LogP contribution in [0.25, 0.3) is 0 Å². The summed E-state index contributed by atoms with van der Waals surface area (Å²) in [5.41, 5.74) is 1.21. The second-order valence-electron chi connectivity index (χ2n) is 10.6. The first kappa shape index (κ1) is 31.1. The summed E-state index contributed by atoms with van der Waals surface area (Å²) < 4.78 is 12.3. The van der Waals surface area contributed by atoms with Gasteiger partial charge in [0.05, 0.1) is 33.0 Å². The lowest BCUT2D eigenvalue weighted by molar-refractivity contribution is -0.117. The lowest BCUT2D eigenvalue weighted by Crippen LogP contribution is -2.49. The number of nitrogens with one attached hydrogen (secondary N) is 2. The van der Waals surface area contributed by atoms with E-state index in [0.717, 1.165) is 25.7 Å². The number of carbonyl (C=O) groups excluding carboxylic acids is 2. The van der Waals surface area contributed by atoms with E-state index in [9.17, 15) is 14.4 Å². The molecule has 1 saturated carbocycles. The van der Waals surface area contributed by atoms with Gasteiger partial charge in [-0.25, -0.2) is 9.78 Å². The highest BCUT2D eigenvalue weighted by atomic mass is 35.5. The molecule has 2 aromatic heterocycles. The number of amides is 3. The van der Waals surface area contributed by atoms with Crippen molar-refractivity contribution in [1.29, 1.82) is 0 Å². The number of ether oxygens (including phenoxy) is 2. The molecule has 1 aliphatic carbocycles. The molecule has 0 bridgehead atoms. The summed E-state index contributed by atoms with van der Waals surface area (Å²) in [7, 11) is 4.56. The molecule has 3 heterocycles. The molecular weight excluding hydrogens is 609 g/mol. The number of fused-ring (bicyclic) bond motifs is 1. The highest BCUT2D eigenvalue weighted by molar-refractivity contribution is 6.42. The van der Waals surface area contributed by atoms with Gasteiger partial charge in [-0.1, -0.05) is 42.6 Å². The van der Waals surface area contributed by atoms with Gasteiger partial charge in [0.2, 0.25) is 11.9 Å². The fourth-order valence-electron chi connectivity index (χ4n) is 5.47. The Labute approximate surface area is 264 Å². The average molecular weight is 643 g/mol. The predicted octanol–water partition coefficient (Wildman–Crippen LogP) is 4.67. The molecule has 2 aliphatic rings. The van der Waals surface area contributed by atoms with E-state index in [1.165, 1.54) is 40.7 Å². The SMILES string of the molecule is C=CC(=O)NC1CCCC[C@H]1Nc1ncc2c(n1)N(Cc1ccn(C)c(=O)c1)C(=O)N(c1c(Cl)c(OC)cc(OC)c1Cl)C2. The fourth-order valence-corrected chi connectivity index (χ4v) is 6.17. The third-order valence-electron chi connectivity index (χ3n) is 7.81. The number of hydrogen-bond acceptors (Lipinski definition) is 8. The van der Waals surface area contributed by atoms with Crippen LogP contribution in [0.2, 0.25) is 10.0 Å². The Morgan fingerprint density at radius 1 is 1.11 bits per heavy atom. The van der Waals surface area contributed by atoms with E-state index >= 15 is 0 Å². The van der Waals surface area contributed by atoms with Crippen LogP contribution in [-0.2, 0) is 24.9 Å². The Kier molecular flexibility index (Phi) is 9.31. The summed E-state index contributed by atoms with van der Waals surface area (Å²) in [5, 5.41) is 6.62. The number of hydrogen-bond donors (Lipinski definition) is 2. The minimum atomic E-state index is -0.476. The van der Waals surface area contributed by atoms with Gasteiger partial charge in [0.15, 0.2) is 0 Å². The maximum absolute atomic E-state index is 14.3. The van der Waals surface area contributed by atoms with Crippen molar-refractivity contribution < 1.29 is 19.1 Å². The summed E-state index contributed by atoms with van der Waals surface area (Å²) in [6, 6.07) is 4.05. The Bertz CT molecular complexity index is 1640. The van der Waals surface area contributed by atoms with Crippen LogP contribution in [0.5, 0.6) is 11.5 Å². The van der Waals surface area contributed by atoms with Gasteiger partial charge in [-0.15, -0.1) is 0 Å². The van der Waals surface area contributed by atoms with Gasteiger partial charge in [-0.05, 0) is 30.5 Å². The first-order chi connectivity index (χ1) is 21.1. The topological polar surface area (TPSA) is 131 Å². The van der Waals surface area contributed by atoms with E-state index in [4.69, 9.17) is 37.7 Å². The first-order valence-electron chi connectivity index (χ1n) is 14.0. The molecule has 1 aliphatic heterocycles. The monoisotopic (exact) mass is 641 g/mol. The summed E-state index contributed by atoms with van der Waals surface area (Å²) >= 11 is 13.4. The van der Waals surface area contributed by atoms with Crippen LogP contribution in [0.3, 0.4) is 0 Å². The number of halogens is 2. The van der Waals surface area contributed by atoms with Crippen molar-refractivity contribution in [3.05, 3.63) is 74.8 Å². The molecule has 14 heteroatoms. The minimum Gasteiger partial charge on any atom is -0.495 e. The highest BCUT2D eigenvalue weighted by Gasteiger charge is 2.37. The Morgan fingerprint density at radius 2 is 1.80 bits per heavy atom. The fraction of sp³-hybridized carbons (Fsp3) is 0.367. The molecule has 5 rings (SSSR count). The summed E-state index contributed by atoms with van der Waals surface area (Å²) in [6.45, 7) is 3.64. The normalized spacial score (nSPS) is 18.0. The molecule has 12 nitrogen and oxygen atoms in total. The Hall–Kier alpha value is -4.29. The van der Waals surface area contributed by atoms with Crippen LogP contribution in [0, 0.1) is 0 Å². The number of rotatable bonds is 9. The lowest BCUT2D eigenvalue weighted by atomic mass is 9.90. The molecular formula is C30H33Cl2N7O5. The van der Waals surface area contributed by atoms with Crippen LogP contribution in [0.4, 0.5) is 22.2 Å². The second kappa shape index (κ2) is 13.1. The summed E-state index contributed by atoms with van der Waals surface area (Å²) in [6.07, 6.45) is 8.11. The first-order valence-corrected chi connectivity index (χ1v) is 14.8. The van der Waals surface area contributed by atoms with E-state index < -0.39 is 6.03 Å².